The van der Waals surface area contributed by atoms with Crippen LogP contribution < -0.4 is 19.5 Å². The third-order valence-corrected chi connectivity index (χ3v) is 5.45. The molecular formula is C25H27NO3. The fourth-order valence-corrected chi connectivity index (χ4v) is 3.94. The van der Waals surface area contributed by atoms with Crippen LogP contribution in [0, 0.1) is 0 Å². The van der Waals surface area contributed by atoms with Crippen molar-refractivity contribution < 1.29 is 14.2 Å². The highest BCUT2D eigenvalue weighted by molar-refractivity contribution is 5.53. The van der Waals surface area contributed by atoms with Crippen molar-refractivity contribution in [3.8, 4) is 17.2 Å². The van der Waals surface area contributed by atoms with E-state index in [1.807, 2.05) is 42.5 Å². The molecule has 1 aliphatic carbocycles. The minimum Gasteiger partial charge on any atom is -0.496 e. The maximum atomic E-state index is 5.88. The highest BCUT2D eigenvalue weighted by atomic mass is 16.5. The molecule has 3 aromatic carbocycles. The van der Waals surface area contributed by atoms with Gasteiger partial charge in [-0.2, -0.15) is 0 Å². The van der Waals surface area contributed by atoms with E-state index in [9.17, 15) is 0 Å². The maximum absolute atomic E-state index is 5.88. The molecule has 0 saturated heterocycles. The van der Waals surface area contributed by atoms with Crippen LogP contribution in [0.15, 0.2) is 66.7 Å². The van der Waals surface area contributed by atoms with E-state index in [1.165, 1.54) is 16.7 Å². The van der Waals surface area contributed by atoms with E-state index in [4.69, 9.17) is 14.2 Å². The minimum atomic E-state index is 0.361. The van der Waals surface area contributed by atoms with Gasteiger partial charge in [-0.3, -0.25) is 0 Å². The summed E-state index contributed by atoms with van der Waals surface area (Å²) in [5.41, 5.74) is 4.79. The Morgan fingerprint density at radius 1 is 0.828 bits per heavy atom. The van der Waals surface area contributed by atoms with Gasteiger partial charge >= 0.3 is 0 Å². The molecule has 0 radical (unpaired) electrons. The molecule has 4 nitrogen and oxygen atoms in total. The highest BCUT2D eigenvalue weighted by Gasteiger charge is 2.24. The molecule has 0 bridgehead atoms. The third-order valence-electron chi connectivity index (χ3n) is 5.45. The summed E-state index contributed by atoms with van der Waals surface area (Å²) in [6, 6.07) is 22.8. The molecule has 0 aliphatic heterocycles. The quantitative estimate of drug-likeness (QED) is 0.599. The summed E-state index contributed by atoms with van der Waals surface area (Å²) < 4.78 is 17.0. The van der Waals surface area contributed by atoms with Gasteiger partial charge in [0.2, 0.25) is 0 Å². The molecule has 0 aromatic heterocycles. The Bertz CT molecular complexity index is 938. The Labute approximate surface area is 172 Å². The lowest BCUT2D eigenvalue weighted by atomic mass is 9.86. The van der Waals surface area contributed by atoms with Crippen molar-refractivity contribution in [3.05, 3.63) is 83.4 Å². The third kappa shape index (κ3) is 4.48. The standard InChI is InChI=1S/C25H27NO3/c1-27-24-14-15-25(28-2)23-16-20(10-13-22(23)24)26-19-8-11-21(12-9-19)29-17-18-6-4-3-5-7-18/h3-9,11-12,14-15,20,26H,10,13,16-17H2,1-2H3/t20-/m0/s1. The number of anilines is 1. The molecule has 0 heterocycles. The lowest BCUT2D eigenvalue weighted by molar-refractivity contribution is 0.306. The average Bonchev–Trinajstić information content (AvgIpc) is 2.78. The predicted molar refractivity (Wildman–Crippen MR) is 116 cm³/mol. The smallest absolute Gasteiger partial charge is 0.122 e. The van der Waals surface area contributed by atoms with Gasteiger partial charge in [0.15, 0.2) is 0 Å². The fraction of sp³-hybridized carbons (Fsp3) is 0.280. The number of methoxy groups -OCH3 is 2. The molecule has 3 aromatic rings. The van der Waals surface area contributed by atoms with Gasteiger partial charge in [-0.25, -0.2) is 0 Å². The second-order valence-corrected chi connectivity index (χ2v) is 7.31. The first kappa shape index (κ1) is 19.2. The summed E-state index contributed by atoms with van der Waals surface area (Å²) in [6.07, 6.45) is 2.95. The van der Waals surface area contributed by atoms with Crippen LogP contribution in [-0.4, -0.2) is 20.3 Å². The summed E-state index contributed by atoms with van der Waals surface area (Å²) >= 11 is 0. The number of hydrogen-bond donors (Lipinski definition) is 1. The highest BCUT2D eigenvalue weighted by Crippen LogP contribution is 2.36. The topological polar surface area (TPSA) is 39.7 Å². The van der Waals surface area contributed by atoms with Crippen molar-refractivity contribution in [2.75, 3.05) is 19.5 Å². The Kier molecular flexibility index (Phi) is 5.89. The van der Waals surface area contributed by atoms with E-state index in [2.05, 4.69) is 29.6 Å². The first-order valence-electron chi connectivity index (χ1n) is 10.0. The molecular weight excluding hydrogens is 362 g/mol. The Morgan fingerprint density at radius 2 is 1.52 bits per heavy atom. The number of nitrogens with one attached hydrogen (secondary N) is 1. The van der Waals surface area contributed by atoms with Gasteiger partial charge in [0.1, 0.15) is 23.9 Å². The van der Waals surface area contributed by atoms with Crippen LogP contribution in [0.5, 0.6) is 17.2 Å². The first-order chi connectivity index (χ1) is 14.3. The largest absolute Gasteiger partial charge is 0.496 e. The molecule has 1 atom stereocenters. The van der Waals surface area contributed by atoms with Crippen LogP contribution in [0.3, 0.4) is 0 Å². The van der Waals surface area contributed by atoms with Gasteiger partial charge < -0.3 is 19.5 Å². The molecule has 0 spiro atoms. The van der Waals surface area contributed by atoms with Crippen LogP contribution in [0.4, 0.5) is 5.69 Å². The van der Waals surface area contributed by atoms with Crippen molar-refractivity contribution in [2.45, 2.75) is 31.9 Å². The Morgan fingerprint density at radius 3 is 2.21 bits per heavy atom. The summed E-state index contributed by atoms with van der Waals surface area (Å²) in [4.78, 5) is 0. The SMILES string of the molecule is COc1ccc(OC)c2c1CC[C@H](Nc1ccc(OCc3ccccc3)cc1)C2. The second-order valence-electron chi connectivity index (χ2n) is 7.31. The van der Waals surface area contributed by atoms with Crippen LogP contribution in [0.1, 0.15) is 23.1 Å². The zero-order valence-corrected chi connectivity index (χ0v) is 17.0. The molecule has 0 unspecified atom stereocenters. The Balaban J connectivity index is 1.39. The van der Waals surface area contributed by atoms with Crippen LogP contribution in [0.2, 0.25) is 0 Å². The lowest BCUT2D eigenvalue weighted by Crippen LogP contribution is -2.28. The van der Waals surface area contributed by atoms with Gasteiger partial charge in [0, 0.05) is 22.9 Å². The summed E-state index contributed by atoms with van der Waals surface area (Å²) in [6.45, 7) is 0.578. The fourth-order valence-electron chi connectivity index (χ4n) is 3.94. The van der Waals surface area contributed by atoms with E-state index in [1.54, 1.807) is 14.2 Å². The van der Waals surface area contributed by atoms with Gasteiger partial charge in [0.05, 0.1) is 14.2 Å². The zero-order valence-electron chi connectivity index (χ0n) is 17.0. The van der Waals surface area contributed by atoms with Gasteiger partial charge in [-0.05, 0) is 61.2 Å². The molecule has 150 valence electrons. The van der Waals surface area contributed by atoms with Crippen molar-refractivity contribution in [1.82, 2.24) is 0 Å². The van der Waals surface area contributed by atoms with Gasteiger partial charge in [-0.15, -0.1) is 0 Å². The lowest BCUT2D eigenvalue weighted by Gasteiger charge is -2.28. The molecule has 0 amide bonds. The van der Waals surface area contributed by atoms with E-state index >= 15 is 0 Å². The normalized spacial score (nSPS) is 15.3. The first-order valence-corrected chi connectivity index (χ1v) is 10.0. The molecule has 4 heteroatoms. The number of fused-ring (bicyclic) bond motifs is 1. The number of rotatable bonds is 7. The van der Waals surface area contributed by atoms with E-state index in [0.29, 0.717) is 12.6 Å². The zero-order chi connectivity index (χ0) is 20.1. The van der Waals surface area contributed by atoms with Crippen LogP contribution in [-0.2, 0) is 19.4 Å². The maximum Gasteiger partial charge on any atom is 0.122 e. The van der Waals surface area contributed by atoms with Crippen molar-refractivity contribution >= 4 is 5.69 Å². The van der Waals surface area contributed by atoms with E-state index in [-0.39, 0.29) is 0 Å². The predicted octanol–water partition coefficient (Wildman–Crippen LogP) is 5.25. The number of ether oxygens (including phenoxy) is 3. The van der Waals surface area contributed by atoms with Crippen molar-refractivity contribution in [1.29, 1.82) is 0 Å². The van der Waals surface area contributed by atoms with Crippen LogP contribution in [0.25, 0.3) is 0 Å². The molecule has 0 fully saturated rings. The summed E-state index contributed by atoms with van der Waals surface area (Å²) in [5.74, 6) is 2.77. The van der Waals surface area contributed by atoms with Gasteiger partial charge in [0.25, 0.3) is 0 Å². The van der Waals surface area contributed by atoms with Crippen molar-refractivity contribution in [3.63, 3.8) is 0 Å². The van der Waals surface area contributed by atoms with E-state index < -0.39 is 0 Å². The molecule has 4 rings (SSSR count). The second kappa shape index (κ2) is 8.91. The van der Waals surface area contributed by atoms with Gasteiger partial charge in [-0.1, -0.05) is 30.3 Å². The average molecular weight is 389 g/mol. The van der Waals surface area contributed by atoms with E-state index in [0.717, 1.165) is 42.2 Å². The molecule has 29 heavy (non-hydrogen) atoms. The minimum absolute atomic E-state index is 0.361. The Hall–Kier alpha value is -3.14. The molecule has 1 N–H and O–H groups in total. The molecule has 0 saturated carbocycles. The number of hydrogen-bond acceptors (Lipinski definition) is 4. The van der Waals surface area contributed by atoms with Crippen LogP contribution >= 0.6 is 0 Å². The number of benzene rings is 3. The summed E-state index contributed by atoms with van der Waals surface area (Å²) in [5, 5.41) is 3.66. The monoisotopic (exact) mass is 389 g/mol. The van der Waals surface area contributed by atoms with Crippen molar-refractivity contribution in [2.24, 2.45) is 0 Å². The molecule has 1 aliphatic rings. The summed E-state index contributed by atoms with van der Waals surface area (Å²) in [7, 11) is 3.46.